The summed E-state index contributed by atoms with van der Waals surface area (Å²) in [6.45, 7) is 2.18. The molecule has 0 saturated heterocycles. The topological polar surface area (TPSA) is 9.23 Å². The van der Waals surface area contributed by atoms with E-state index in [1.807, 2.05) is 12.1 Å². The van der Waals surface area contributed by atoms with E-state index >= 15 is 0 Å². The van der Waals surface area contributed by atoms with E-state index < -0.39 is 0 Å². The average molecular weight is 333 g/mol. The number of benzene rings is 2. The van der Waals surface area contributed by atoms with Crippen LogP contribution in [0.25, 0.3) is 0 Å². The summed E-state index contributed by atoms with van der Waals surface area (Å²) in [5.74, 6) is 0.920. The summed E-state index contributed by atoms with van der Waals surface area (Å²) in [7, 11) is 1.70. The van der Waals surface area contributed by atoms with Crippen molar-refractivity contribution in [2.75, 3.05) is 7.11 Å². The molecule has 1 nitrogen and oxygen atoms in total. The van der Waals surface area contributed by atoms with Crippen LogP contribution < -0.4 is 4.74 Å². The number of aryl methyl sites for hydroxylation is 2. The molecular formula is C18H21BrO. The number of methoxy groups -OCH3 is 1. The molecule has 0 saturated carbocycles. The minimum atomic E-state index is 0.519. The highest BCUT2D eigenvalue weighted by Crippen LogP contribution is 2.19. The van der Waals surface area contributed by atoms with Crippen LogP contribution in [0.1, 0.15) is 23.1 Å². The highest BCUT2D eigenvalue weighted by molar-refractivity contribution is 9.09. The molecule has 0 aromatic heterocycles. The molecule has 0 spiro atoms. The van der Waals surface area contributed by atoms with Crippen molar-refractivity contribution in [3.63, 3.8) is 0 Å². The normalized spacial score (nSPS) is 12.2. The second-order valence-electron chi connectivity index (χ2n) is 5.11. The molecule has 0 aliphatic carbocycles. The molecule has 0 N–H and O–H groups in total. The fourth-order valence-electron chi connectivity index (χ4n) is 2.30. The fourth-order valence-corrected chi connectivity index (χ4v) is 2.87. The van der Waals surface area contributed by atoms with Crippen LogP contribution in [0.2, 0.25) is 0 Å². The van der Waals surface area contributed by atoms with Gasteiger partial charge in [0.25, 0.3) is 0 Å². The Balaban J connectivity index is 1.85. The molecule has 1 unspecified atom stereocenters. The first-order valence-electron chi connectivity index (χ1n) is 7.00. The van der Waals surface area contributed by atoms with Gasteiger partial charge in [-0.2, -0.15) is 0 Å². The maximum Gasteiger partial charge on any atom is 0.118 e. The summed E-state index contributed by atoms with van der Waals surface area (Å²) in [5, 5.41) is 0. The molecule has 2 aromatic carbocycles. The van der Waals surface area contributed by atoms with Crippen molar-refractivity contribution >= 4 is 15.9 Å². The molecule has 2 heteroatoms. The lowest BCUT2D eigenvalue weighted by Gasteiger charge is -2.12. The second kappa shape index (κ2) is 7.49. The van der Waals surface area contributed by atoms with Crippen molar-refractivity contribution in [1.29, 1.82) is 0 Å². The predicted molar refractivity (Wildman–Crippen MR) is 88.9 cm³/mol. The molecule has 0 heterocycles. The molecule has 1 atom stereocenters. The van der Waals surface area contributed by atoms with E-state index in [0.29, 0.717) is 4.83 Å². The van der Waals surface area contributed by atoms with Gasteiger partial charge in [0.15, 0.2) is 0 Å². The lowest BCUT2D eigenvalue weighted by atomic mass is 10.0. The first kappa shape index (κ1) is 15.1. The first-order chi connectivity index (χ1) is 9.69. The Morgan fingerprint density at radius 2 is 1.75 bits per heavy atom. The SMILES string of the molecule is COc1ccc(CCC(Br)Cc2ccccc2C)cc1. The summed E-state index contributed by atoms with van der Waals surface area (Å²) < 4.78 is 5.18. The maximum absolute atomic E-state index is 5.18. The molecular weight excluding hydrogens is 312 g/mol. The van der Waals surface area contributed by atoms with Crippen LogP contribution in [0.3, 0.4) is 0 Å². The lowest BCUT2D eigenvalue weighted by molar-refractivity contribution is 0.414. The van der Waals surface area contributed by atoms with Crippen molar-refractivity contribution in [1.82, 2.24) is 0 Å². The van der Waals surface area contributed by atoms with E-state index in [2.05, 4.69) is 59.3 Å². The summed E-state index contributed by atoms with van der Waals surface area (Å²) >= 11 is 3.81. The lowest BCUT2D eigenvalue weighted by Crippen LogP contribution is -2.05. The van der Waals surface area contributed by atoms with E-state index in [4.69, 9.17) is 4.74 Å². The molecule has 0 aliphatic rings. The highest BCUT2D eigenvalue weighted by Gasteiger charge is 2.07. The molecule has 0 fully saturated rings. The van der Waals surface area contributed by atoms with Gasteiger partial charge in [0.2, 0.25) is 0 Å². The third-order valence-electron chi connectivity index (χ3n) is 3.61. The Morgan fingerprint density at radius 1 is 1.05 bits per heavy atom. The summed E-state index contributed by atoms with van der Waals surface area (Å²) in [6.07, 6.45) is 3.31. The summed E-state index contributed by atoms with van der Waals surface area (Å²) in [4.78, 5) is 0.519. The van der Waals surface area contributed by atoms with Gasteiger partial charge >= 0.3 is 0 Å². The number of rotatable bonds is 6. The maximum atomic E-state index is 5.18. The molecule has 0 amide bonds. The van der Waals surface area contributed by atoms with E-state index in [-0.39, 0.29) is 0 Å². The largest absolute Gasteiger partial charge is 0.497 e. The van der Waals surface area contributed by atoms with E-state index in [1.165, 1.54) is 16.7 Å². The van der Waals surface area contributed by atoms with Crippen molar-refractivity contribution in [2.24, 2.45) is 0 Å². The Kier molecular flexibility index (Phi) is 5.66. The number of hydrogen-bond acceptors (Lipinski definition) is 1. The van der Waals surface area contributed by atoms with Crippen LogP contribution in [-0.4, -0.2) is 11.9 Å². The van der Waals surface area contributed by atoms with Gasteiger partial charge in [0.05, 0.1) is 7.11 Å². The molecule has 2 aromatic rings. The summed E-state index contributed by atoms with van der Waals surface area (Å²) in [5.41, 5.74) is 4.17. The van der Waals surface area contributed by atoms with Gasteiger partial charge in [0.1, 0.15) is 5.75 Å². The van der Waals surface area contributed by atoms with E-state index in [9.17, 15) is 0 Å². The fraction of sp³-hybridized carbons (Fsp3) is 0.333. The standard InChI is InChI=1S/C18H21BrO/c1-14-5-3-4-6-16(14)13-17(19)10-7-15-8-11-18(20-2)12-9-15/h3-6,8-9,11-12,17H,7,10,13H2,1-2H3. The van der Waals surface area contributed by atoms with Gasteiger partial charge < -0.3 is 4.74 Å². The predicted octanol–water partition coefficient (Wildman–Crippen LogP) is 4.94. The van der Waals surface area contributed by atoms with Crippen molar-refractivity contribution in [3.05, 3.63) is 65.2 Å². The van der Waals surface area contributed by atoms with Crippen LogP contribution in [-0.2, 0) is 12.8 Å². The Morgan fingerprint density at radius 3 is 2.40 bits per heavy atom. The van der Waals surface area contributed by atoms with Gasteiger partial charge in [-0.05, 0) is 55.0 Å². The average Bonchev–Trinajstić information content (AvgIpc) is 2.48. The van der Waals surface area contributed by atoms with Gasteiger partial charge in [-0.25, -0.2) is 0 Å². The third kappa shape index (κ3) is 4.38. The molecule has 106 valence electrons. The van der Waals surface area contributed by atoms with E-state index in [0.717, 1.165) is 25.0 Å². The van der Waals surface area contributed by atoms with Crippen molar-refractivity contribution < 1.29 is 4.74 Å². The Labute approximate surface area is 130 Å². The van der Waals surface area contributed by atoms with Crippen LogP contribution in [0.4, 0.5) is 0 Å². The van der Waals surface area contributed by atoms with Crippen LogP contribution >= 0.6 is 15.9 Å². The molecule has 0 radical (unpaired) electrons. The van der Waals surface area contributed by atoms with E-state index in [1.54, 1.807) is 7.11 Å². The monoisotopic (exact) mass is 332 g/mol. The first-order valence-corrected chi connectivity index (χ1v) is 7.92. The second-order valence-corrected chi connectivity index (χ2v) is 6.41. The molecule has 20 heavy (non-hydrogen) atoms. The Bertz CT molecular complexity index is 533. The number of hydrogen-bond donors (Lipinski definition) is 0. The van der Waals surface area contributed by atoms with Gasteiger partial charge in [-0.15, -0.1) is 0 Å². The molecule has 0 aliphatic heterocycles. The zero-order valence-electron chi connectivity index (χ0n) is 12.1. The summed E-state index contributed by atoms with van der Waals surface area (Å²) in [6, 6.07) is 17.0. The third-order valence-corrected chi connectivity index (χ3v) is 4.39. The van der Waals surface area contributed by atoms with Gasteiger partial charge in [-0.1, -0.05) is 52.3 Å². The molecule has 2 rings (SSSR count). The minimum absolute atomic E-state index is 0.519. The quantitative estimate of drug-likeness (QED) is 0.680. The number of ether oxygens (including phenoxy) is 1. The minimum Gasteiger partial charge on any atom is -0.497 e. The van der Waals surface area contributed by atoms with Gasteiger partial charge in [0, 0.05) is 4.83 Å². The number of halogens is 1. The number of alkyl halides is 1. The van der Waals surface area contributed by atoms with Gasteiger partial charge in [-0.3, -0.25) is 0 Å². The zero-order valence-corrected chi connectivity index (χ0v) is 13.7. The zero-order chi connectivity index (χ0) is 14.4. The van der Waals surface area contributed by atoms with Crippen LogP contribution in [0.5, 0.6) is 5.75 Å². The smallest absolute Gasteiger partial charge is 0.118 e. The highest BCUT2D eigenvalue weighted by atomic mass is 79.9. The van der Waals surface area contributed by atoms with Crippen molar-refractivity contribution in [2.45, 2.75) is 31.0 Å². The van der Waals surface area contributed by atoms with Crippen molar-refractivity contribution in [3.8, 4) is 5.75 Å². The molecule has 0 bridgehead atoms. The Hall–Kier alpha value is -1.28. The van der Waals surface area contributed by atoms with Crippen LogP contribution in [0, 0.1) is 6.92 Å². The van der Waals surface area contributed by atoms with Crippen LogP contribution in [0.15, 0.2) is 48.5 Å².